The molecule has 0 aliphatic carbocycles. The highest BCUT2D eigenvalue weighted by molar-refractivity contribution is 5.93. The van der Waals surface area contributed by atoms with E-state index >= 15 is 0 Å². The summed E-state index contributed by atoms with van der Waals surface area (Å²) in [4.78, 5) is 14.5. The van der Waals surface area contributed by atoms with Gasteiger partial charge in [-0.15, -0.1) is 0 Å². The minimum Gasteiger partial charge on any atom is -0.360 e. The summed E-state index contributed by atoms with van der Waals surface area (Å²) in [6.45, 7) is 5.94. The van der Waals surface area contributed by atoms with Gasteiger partial charge in [0.1, 0.15) is 17.5 Å². The van der Waals surface area contributed by atoms with E-state index in [1.807, 2.05) is 24.5 Å². The number of halogens is 1. The summed E-state index contributed by atoms with van der Waals surface area (Å²) in [5.41, 5.74) is 3.31. The van der Waals surface area contributed by atoms with Crippen molar-refractivity contribution in [1.82, 2.24) is 15.0 Å². The number of nitrogens with zero attached hydrogens (tertiary/aromatic N) is 3. The number of aromatic amines is 1. The minimum atomic E-state index is -0.214. The van der Waals surface area contributed by atoms with Gasteiger partial charge in [0.2, 0.25) is 0 Å². The molecule has 0 unspecified atom stereocenters. The molecule has 1 aliphatic heterocycles. The number of aromatic nitrogens is 3. The summed E-state index contributed by atoms with van der Waals surface area (Å²) in [6, 6.07) is 6.88. The Morgan fingerprint density at radius 2 is 2.12 bits per heavy atom. The van der Waals surface area contributed by atoms with Gasteiger partial charge >= 0.3 is 0 Å². The molecule has 3 aromatic rings. The van der Waals surface area contributed by atoms with Gasteiger partial charge in [0.25, 0.3) is 0 Å². The molecule has 4 nitrogen and oxygen atoms in total. The molecule has 0 amide bonds. The lowest BCUT2D eigenvalue weighted by Crippen LogP contribution is -2.29. The highest BCUT2D eigenvalue weighted by Crippen LogP contribution is 2.30. The Balaban J connectivity index is 1.58. The first-order valence-electron chi connectivity index (χ1n) is 8.66. The molecular formula is C20H21FN4. The standard InChI is InChI=1S/C20H21FN4/c1-13(2)20-22-8-5-19(24-20)25-9-6-14(7-10-25)17-12-23-18-11-15(21)3-4-16(17)18/h3-6,8,11-13,23H,7,9-10H2,1-2H3. The van der Waals surface area contributed by atoms with Gasteiger partial charge in [0.05, 0.1) is 0 Å². The zero-order chi connectivity index (χ0) is 17.4. The van der Waals surface area contributed by atoms with Crippen molar-refractivity contribution in [3.8, 4) is 0 Å². The monoisotopic (exact) mass is 336 g/mol. The molecule has 1 aliphatic rings. The topological polar surface area (TPSA) is 44.8 Å². The number of anilines is 1. The molecule has 0 saturated carbocycles. The van der Waals surface area contributed by atoms with E-state index in [0.717, 1.165) is 42.1 Å². The van der Waals surface area contributed by atoms with Crippen LogP contribution in [-0.4, -0.2) is 28.0 Å². The predicted octanol–water partition coefficient (Wildman–Crippen LogP) is 4.51. The normalized spacial score (nSPS) is 15.0. The first kappa shape index (κ1) is 15.8. The fraction of sp³-hybridized carbons (Fsp3) is 0.300. The lowest BCUT2D eigenvalue weighted by molar-refractivity contribution is 0.629. The summed E-state index contributed by atoms with van der Waals surface area (Å²) in [7, 11) is 0. The van der Waals surface area contributed by atoms with Gasteiger partial charge in [-0.2, -0.15) is 0 Å². The summed E-state index contributed by atoms with van der Waals surface area (Å²) in [5.74, 6) is 1.97. The van der Waals surface area contributed by atoms with Crippen LogP contribution in [-0.2, 0) is 0 Å². The quantitative estimate of drug-likeness (QED) is 0.765. The highest BCUT2D eigenvalue weighted by atomic mass is 19.1. The van der Waals surface area contributed by atoms with Crippen molar-refractivity contribution in [2.75, 3.05) is 18.0 Å². The van der Waals surface area contributed by atoms with Crippen LogP contribution >= 0.6 is 0 Å². The fourth-order valence-corrected chi connectivity index (χ4v) is 3.30. The van der Waals surface area contributed by atoms with Crippen molar-refractivity contribution in [3.63, 3.8) is 0 Å². The van der Waals surface area contributed by atoms with Crippen LogP contribution in [0, 0.1) is 5.82 Å². The number of rotatable bonds is 3. The first-order valence-corrected chi connectivity index (χ1v) is 8.66. The van der Waals surface area contributed by atoms with Crippen LogP contribution in [0.1, 0.15) is 37.6 Å². The largest absolute Gasteiger partial charge is 0.360 e. The van der Waals surface area contributed by atoms with E-state index in [4.69, 9.17) is 0 Å². The molecule has 3 heterocycles. The summed E-state index contributed by atoms with van der Waals surface area (Å²) in [6.07, 6.45) is 7.00. The molecule has 0 saturated heterocycles. The minimum absolute atomic E-state index is 0.214. The molecule has 5 heteroatoms. The molecular weight excluding hydrogens is 315 g/mol. The maximum absolute atomic E-state index is 13.4. The van der Waals surface area contributed by atoms with Gasteiger partial charge in [-0.3, -0.25) is 0 Å². The summed E-state index contributed by atoms with van der Waals surface area (Å²) in [5, 5.41) is 1.07. The van der Waals surface area contributed by atoms with Crippen molar-refractivity contribution >= 4 is 22.3 Å². The Morgan fingerprint density at radius 1 is 1.24 bits per heavy atom. The second-order valence-corrected chi connectivity index (χ2v) is 6.75. The van der Waals surface area contributed by atoms with E-state index in [1.165, 1.54) is 17.2 Å². The Hall–Kier alpha value is -2.69. The number of fused-ring (bicyclic) bond motifs is 1. The molecule has 2 aromatic heterocycles. The summed E-state index contributed by atoms with van der Waals surface area (Å²) >= 11 is 0. The van der Waals surface area contributed by atoms with Gasteiger partial charge in [-0.25, -0.2) is 14.4 Å². The average molecular weight is 336 g/mol. The molecule has 4 rings (SSSR count). The first-order chi connectivity index (χ1) is 12.1. The van der Waals surface area contributed by atoms with E-state index in [2.05, 4.69) is 39.8 Å². The number of hydrogen-bond donors (Lipinski definition) is 1. The lowest BCUT2D eigenvalue weighted by Gasteiger charge is -2.27. The van der Waals surface area contributed by atoms with Crippen LogP contribution in [0.5, 0.6) is 0 Å². The molecule has 128 valence electrons. The van der Waals surface area contributed by atoms with Gasteiger partial charge in [0, 0.05) is 47.9 Å². The Morgan fingerprint density at radius 3 is 2.88 bits per heavy atom. The Kier molecular flexibility index (Phi) is 3.99. The lowest BCUT2D eigenvalue weighted by atomic mass is 9.99. The van der Waals surface area contributed by atoms with E-state index < -0.39 is 0 Å². The van der Waals surface area contributed by atoms with Crippen LogP contribution in [0.2, 0.25) is 0 Å². The number of nitrogens with one attached hydrogen (secondary N) is 1. The van der Waals surface area contributed by atoms with Crippen LogP contribution < -0.4 is 4.90 Å². The third-order valence-electron chi connectivity index (χ3n) is 4.70. The van der Waals surface area contributed by atoms with E-state index in [-0.39, 0.29) is 5.82 Å². The van der Waals surface area contributed by atoms with Gasteiger partial charge in [-0.05, 0) is 36.3 Å². The van der Waals surface area contributed by atoms with Crippen LogP contribution in [0.15, 0.2) is 42.7 Å². The van der Waals surface area contributed by atoms with Gasteiger partial charge < -0.3 is 9.88 Å². The Bertz CT molecular complexity index is 942. The maximum Gasteiger partial charge on any atom is 0.133 e. The fourth-order valence-electron chi connectivity index (χ4n) is 3.30. The SMILES string of the molecule is CC(C)c1nccc(N2CC=C(c3c[nH]c4cc(F)ccc34)CC2)n1. The second-order valence-electron chi connectivity index (χ2n) is 6.75. The van der Waals surface area contributed by atoms with Crippen LogP contribution in [0.3, 0.4) is 0 Å². The molecule has 25 heavy (non-hydrogen) atoms. The van der Waals surface area contributed by atoms with E-state index in [1.54, 1.807) is 6.07 Å². The van der Waals surface area contributed by atoms with Crippen molar-refractivity contribution in [2.24, 2.45) is 0 Å². The second kappa shape index (κ2) is 6.31. The zero-order valence-corrected chi connectivity index (χ0v) is 14.5. The van der Waals surface area contributed by atoms with Gasteiger partial charge in [-0.1, -0.05) is 19.9 Å². The van der Waals surface area contributed by atoms with Crippen LogP contribution in [0.4, 0.5) is 10.2 Å². The molecule has 0 fully saturated rings. The smallest absolute Gasteiger partial charge is 0.133 e. The predicted molar refractivity (Wildman–Crippen MR) is 99.2 cm³/mol. The molecule has 0 atom stereocenters. The molecule has 0 bridgehead atoms. The summed E-state index contributed by atoms with van der Waals surface area (Å²) < 4.78 is 13.4. The molecule has 1 aromatic carbocycles. The third kappa shape index (κ3) is 3.02. The van der Waals surface area contributed by atoms with Crippen molar-refractivity contribution in [3.05, 3.63) is 59.9 Å². The van der Waals surface area contributed by atoms with Crippen molar-refractivity contribution in [2.45, 2.75) is 26.2 Å². The molecule has 1 N–H and O–H groups in total. The number of benzene rings is 1. The van der Waals surface area contributed by atoms with Crippen LogP contribution in [0.25, 0.3) is 16.5 Å². The molecule has 0 radical (unpaired) electrons. The average Bonchev–Trinajstić information content (AvgIpc) is 3.05. The maximum atomic E-state index is 13.4. The Labute approximate surface area is 146 Å². The van der Waals surface area contributed by atoms with Crippen molar-refractivity contribution in [1.29, 1.82) is 0 Å². The van der Waals surface area contributed by atoms with E-state index in [0.29, 0.717) is 5.92 Å². The zero-order valence-electron chi connectivity index (χ0n) is 14.5. The third-order valence-corrected chi connectivity index (χ3v) is 4.70. The molecule has 0 spiro atoms. The van der Waals surface area contributed by atoms with Crippen molar-refractivity contribution < 1.29 is 4.39 Å². The number of hydrogen-bond acceptors (Lipinski definition) is 3. The number of H-pyrrole nitrogens is 1. The van der Waals surface area contributed by atoms with Gasteiger partial charge in [0.15, 0.2) is 0 Å². The van der Waals surface area contributed by atoms with E-state index in [9.17, 15) is 4.39 Å². The highest BCUT2D eigenvalue weighted by Gasteiger charge is 2.17.